The Morgan fingerprint density at radius 1 is 1.14 bits per heavy atom. The van der Waals surface area contributed by atoms with Crippen LogP contribution in [0.25, 0.3) is 10.2 Å². The van der Waals surface area contributed by atoms with E-state index in [4.69, 9.17) is 11.6 Å². The number of likely N-dealkylation sites (N-methyl/N-ethyl adjacent to an activating group) is 1. The number of fused-ring (bicyclic) bond motifs is 3. The highest BCUT2D eigenvalue weighted by atomic mass is 35.5. The van der Waals surface area contributed by atoms with Crippen LogP contribution in [0.2, 0.25) is 5.02 Å². The summed E-state index contributed by atoms with van der Waals surface area (Å²) in [7, 11) is 0. The Kier molecular flexibility index (Phi) is 6.14. The molecular formula is C22H27ClN4S. The SMILES string of the molecule is CCN(CC)[C@@H](CNc1ncnc2sc3c(c12)CCCC3)c1ccccc1Cl. The van der Waals surface area contributed by atoms with E-state index in [9.17, 15) is 0 Å². The molecule has 4 nitrogen and oxygen atoms in total. The highest BCUT2D eigenvalue weighted by Crippen LogP contribution is 2.38. The van der Waals surface area contributed by atoms with Gasteiger partial charge in [-0.2, -0.15) is 0 Å². The molecule has 1 atom stereocenters. The van der Waals surface area contributed by atoms with Gasteiger partial charge < -0.3 is 5.32 Å². The third-order valence-electron chi connectivity index (χ3n) is 5.73. The molecule has 0 unspecified atom stereocenters. The number of benzene rings is 1. The van der Waals surface area contributed by atoms with Crippen molar-refractivity contribution >= 4 is 39.0 Å². The second kappa shape index (κ2) is 8.76. The van der Waals surface area contributed by atoms with Crippen molar-refractivity contribution in [3.05, 3.63) is 51.6 Å². The predicted molar refractivity (Wildman–Crippen MR) is 120 cm³/mol. The lowest BCUT2D eigenvalue weighted by Gasteiger charge is -2.31. The first-order valence-corrected chi connectivity index (χ1v) is 11.4. The van der Waals surface area contributed by atoms with Gasteiger partial charge in [-0.3, -0.25) is 4.90 Å². The van der Waals surface area contributed by atoms with Crippen LogP contribution >= 0.6 is 22.9 Å². The van der Waals surface area contributed by atoms with E-state index in [1.54, 1.807) is 6.33 Å². The van der Waals surface area contributed by atoms with Gasteiger partial charge in [-0.15, -0.1) is 11.3 Å². The zero-order chi connectivity index (χ0) is 19.5. The normalized spacial score (nSPS) is 15.0. The number of aromatic nitrogens is 2. The average Bonchev–Trinajstić information content (AvgIpc) is 3.11. The second-order valence-corrected chi connectivity index (χ2v) is 8.74. The number of hydrogen-bond acceptors (Lipinski definition) is 5. The fourth-order valence-corrected chi connectivity index (χ4v) is 5.75. The molecule has 3 aromatic rings. The maximum atomic E-state index is 6.55. The lowest BCUT2D eigenvalue weighted by atomic mass is 9.97. The molecule has 1 aliphatic carbocycles. The monoisotopic (exact) mass is 414 g/mol. The molecule has 0 saturated heterocycles. The number of nitrogens with one attached hydrogen (secondary N) is 1. The number of anilines is 1. The molecule has 1 aromatic carbocycles. The molecule has 1 N–H and O–H groups in total. The summed E-state index contributed by atoms with van der Waals surface area (Å²) in [6, 6.07) is 8.36. The quantitative estimate of drug-likeness (QED) is 0.536. The van der Waals surface area contributed by atoms with Gasteiger partial charge >= 0.3 is 0 Å². The standard InChI is InChI=1S/C22H27ClN4S/c1-3-27(4-2)18(15-9-5-7-11-17(15)23)13-24-21-20-16-10-6-8-12-19(16)28-22(20)26-14-25-21/h5,7,9,11,14,18H,3-4,6,8,10,12-13H2,1-2H3,(H,24,25,26)/t18-/m0/s1. The van der Waals surface area contributed by atoms with Crippen LogP contribution in [-0.4, -0.2) is 34.5 Å². The largest absolute Gasteiger partial charge is 0.367 e. The van der Waals surface area contributed by atoms with Gasteiger partial charge in [0.05, 0.1) is 11.4 Å². The molecule has 0 saturated carbocycles. The topological polar surface area (TPSA) is 41.0 Å². The molecule has 2 aromatic heterocycles. The molecule has 0 bridgehead atoms. The molecule has 28 heavy (non-hydrogen) atoms. The Bertz CT molecular complexity index is 951. The molecule has 0 fully saturated rings. The Morgan fingerprint density at radius 3 is 2.71 bits per heavy atom. The van der Waals surface area contributed by atoms with Crippen molar-refractivity contribution in [2.45, 2.75) is 45.6 Å². The number of aryl methyl sites for hydroxylation is 2. The van der Waals surface area contributed by atoms with Crippen LogP contribution in [0.3, 0.4) is 0 Å². The summed E-state index contributed by atoms with van der Waals surface area (Å²) in [5.41, 5.74) is 2.63. The molecule has 4 rings (SSSR count). The van der Waals surface area contributed by atoms with Crippen molar-refractivity contribution in [3.8, 4) is 0 Å². The molecule has 0 amide bonds. The van der Waals surface area contributed by atoms with Crippen LogP contribution in [0.5, 0.6) is 0 Å². The lowest BCUT2D eigenvalue weighted by molar-refractivity contribution is 0.228. The Morgan fingerprint density at radius 2 is 1.93 bits per heavy atom. The van der Waals surface area contributed by atoms with E-state index in [0.717, 1.165) is 47.3 Å². The first-order chi connectivity index (χ1) is 13.7. The minimum absolute atomic E-state index is 0.197. The van der Waals surface area contributed by atoms with Crippen LogP contribution in [-0.2, 0) is 12.8 Å². The van der Waals surface area contributed by atoms with E-state index >= 15 is 0 Å². The Labute approximate surface area is 176 Å². The fraction of sp³-hybridized carbons (Fsp3) is 0.455. The molecule has 2 heterocycles. The van der Waals surface area contributed by atoms with Crippen LogP contribution in [0.4, 0.5) is 5.82 Å². The van der Waals surface area contributed by atoms with E-state index in [0.29, 0.717) is 0 Å². The molecule has 1 aliphatic rings. The van der Waals surface area contributed by atoms with Gasteiger partial charge in [0.2, 0.25) is 0 Å². The first-order valence-electron chi connectivity index (χ1n) is 10.2. The summed E-state index contributed by atoms with van der Waals surface area (Å²) >= 11 is 8.39. The van der Waals surface area contributed by atoms with E-state index in [-0.39, 0.29) is 6.04 Å². The fourth-order valence-electron chi connectivity index (χ4n) is 4.26. The summed E-state index contributed by atoms with van der Waals surface area (Å²) in [6.45, 7) is 7.11. The average molecular weight is 415 g/mol. The van der Waals surface area contributed by atoms with Gasteiger partial charge in [0.15, 0.2) is 0 Å². The predicted octanol–water partition coefficient (Wildman–Crippen LogP) is 5.72. The van der Waals surface area contributed by atoms with Gasteiger partial charge in [0, 0.05) is 16.4 Å². The van der Waals surface area contributed by atoms with Crippen molar-refractivity contribution in [2.75, 3.05) is 25.0 Å². The number of halogens is 1. The number of rotatable bonds is 7. The molecule has 0 aliphatic heterocycles. The Balaban J connectivity index is 1.66. The van der Waals surface area contributed by atoms with Gasteiger partial charge in [0.25, 0.3) is 0 Å². The van der Waals surface area contributed by atoms with Crippen molar-refractivity contribution in [1.29, 1.82) is 0 Å². The lowest BCUT2D eigenvalue weighted by Crippen LogP contribution is -2.33. The summed E-state index contributed by atoms with van der Waals surface area (Å²) in [6.07, 6.45) is 6.55. The van der Waals surface area contributed by atoms with Crippen LogP contribution in [0, 0.1) is 0 Å². The summed E-state index contributed by atoms with van der Waals surface area (Å²) in [5.74, 6) is 0.966. The highest BCUT2D eigenvalue weighted by molar-refractivity contribution is 7.19. The van der Waals surface area contributed by atoms with Crippen LogP contribution in [0.15, 0.2) is 30.6 Å². The maximum Gasteiger partial charge on any atom is 0.138 e. The van der Waals surface area contributed by atoms with E-state index in [2.05, 4.69) is 46.2 Å². The second-order valence-electron chi connectivity index (χ2n) is 7.25. The molecule has 148 valence electrons. The number of nitrogens with zero attached hydrogens (tertiary/aromatic N) is 3. The van der Waals surface area contributed by atoms with Gasteiger partial charge in [0.1, 0.15) is 17.0 Å². The van der Waals surface area contributed by atoms with E-state index in [1.165, 1.54) is 35.1 Å². The van der Waals surface area contributed by atoms with Crippen LogP contribution < -0.4 is 5.32 Å². The van der Waals surface area contributed by atoms with Crippen molar-refractivity contribution in [2.24, 2.45) is 0 Å². The first kappa shape index (κ1) is 19.6. The smallest absolute Gasteiger partial charge is 0.138 e. The van der Waals surface area contributed by atoms with Gasteiger partial charge in [-0.25, -0.2) is 9.97 Å². The zero-order valence-electron chi connectivity index (χ0n) is 16.5. The third-order valence-corrected chi connectivity index (χ3v) is 7.28. The minimum Gasteiger partial charge on any atom is -0.367 e. The molecule has 6 heteroatoms. The van der Waals surface area contributed by atoms with Gasteiger partial charge in [-0.1, -0.05) is 43.6 Å². The molecule has 0 spiro atoms. The number of thiophene rings is 1. The molecule has 0 radical (unpaired) electrons. The minimum atomic E-state index is 0.197. The van der Waals surface area contributed by atoms with E-state index < -0.39 is 0 Å². The van der Waals surface area contributed by atoms with E-state index in [1.807, 2.05) is 23.5 Å². The van der Waals surface area contributed by atoms with Gasteiger partial charge in [-0.05, 0) is 56.0 Å². The number of hydrogen-bond donors (Lipinski definition) is 1. The third kappa shape index (κ3) is 3.76. The summed E-state index contributed by atoms with van der Waals surface area (Å²) in [5, 5.41) is 5.71. The van der Waals surface area contributed by atoms with Crippen molar-refractivity contribution in [1.82, 2.24) is 14.9 Å². The maximum absolute atomic E-state index is 6.55. The van der Waals surface area contributed by atoms with Crippen molar-refractivity contribution in [3.63, 3.8) is 0 Å². The summed E-state index contributed by atoms with van der Waals surface area (Å²) < 4.78 is 0. The highest BCUT2D eigenvalue weighted by Gasteiger charge is 2.23. The zero-order valence-corrected chi connectivity index (χ0v) is 18.1. The van der Waals surface area contributed by atoms with Crippen molar-refractivity contribution < 1.29 is 0 Å². The summed E-state index contributed by atoms with van der Waals surface area (Å²) in [4.78, 5) is 14.2. The molecular weight excluding hydrogens is 388 g/mol. The van der Waals surface area contributed by atoms with Crippen LogP contribution in [0.1, 0.15) is 48.7 Å². The Hall–Kier alpha value is -1.69.